The number of carbonyl (C=O) groups excluding carboxylic acids is 1. The Bertz CT molecular complexity index is 999. The maximum atomic E-state index is 13.1. The van der Waals surface area contributed by atoms with Gasteiger partial charge < -0.3 is 10.1 Å². The van der Waals surface area contributed by atoms with Crippen LogP contribution in [0.3, 0.4) is 0 Å². The van der Waals surface area contributed by atoms with Gasteiger partial charge in [-0.3, -0.25) is 4.79 Å². The van der Waals surface area contributed by atoms with Gasteiger partial charge in [0, 0.05) is 11.6 Å². The summed E-state index contributed by atoms with van der Waals surface area (Å²) in [5, 5.41) is 3.16. The highest BCUT2D eigenvalue weighted by atomic mass is 19.4. The molecule has 4 rings (SSSR count). The number of amides is 1. The Morgan fingerprint density at radius 2 is 1.74 bits per heavy atom. The first-order valence-corrected chi connectivity index (χ1v) is 8.33. The summed E-state index contributed by atoms with van der Waals surface area (Å²) >= 11 is 0. The molecule has 27 heavy (non-hydrogen) atoms. The van der Waals surface area contributed by atoms with Crippen LogP contribution in [0.2, 0.25) is 0 Å². The smallest absolute Gasteiger partial charge is 0.438 e. The summed E-state index contributed by atoms with van der Waals surface area (Å²) in [6.45, 7) is 0. The van der Waals surface area contributed by atoms with Gasteiger partial charge in [0.05, 0.1) is 10.9 Å². The van der Waals surface area contributed by atoms with E-state index in [9.17, 15) is 18.0 Å². The maximum absolute atomic E-state index is 13.1. The highest BCUT2D eigenvalue weighted by Crippen LogP contribution is 2.34. The van der Waals surface area contributed by atoms with E-state index in [0.717, 1.165) is 12.8 Å². The standard InChI is InChI=1S/C19H14F3N3O2/c20-19(21,22)18-24-15-4-2-1-3-14(15)17(25-18)27-13-9-7-12(8-10-13)23-16(26)11-5-6-11/h1-4,7-11H,5-6H2,(H,23,26). The van der Waals surface area contributed by atoms with Crippen molar-refractivity contribution >= 4 is 22.5 Å². The Morgan fingerprint density at radius 1 is 1.04 bits per heavy atom. The molecule has 0 aliphatic heterocycles. The molecule has 138 valence electrons. The Kier molecular flexibility index (Phi) is 4.18. The van der Waals surface area contributed by atoms with Gasteiger partial charge in [-0.1, -0.05) is 12.1 Å². The van der Waals surface area contributed by atoms with E-state index in [1.165, 1.54) is 6.07 Å². The van der Waals surface area contributed by atoms with Crippen LogP contribution in [0, 0.1) is 5.92 Å². The Hall–Kier alpha value is -3.16. The summed E-state index contributed by atoms with van der Waals surface area (Å²) in [6.07, 6.45) is -2.89. The zero-order chi connectivity index (χ0) is 19.0. The molecule has 3 aromatic rings. The van der Waals surface area contributed by atoms with Crippen LogP contribution in [0.1, 0.15) is 18.7 Å². The number of benzene rings is 2. The van der Waals surface area contributed by atoms with Gasteiger partial charge in [0.15, 0.2) is 0 Å². The third-order valence-corrected chi connectivity index (χ3v) is 4.11. The van der Waals surface area contributed by atoms with Crippen molar-refractivity contribution in [1.82, 2.24) is 9.97 Å². The molecule has 0 atom stereocenters. The van der Waals surface area contributed by atoms with Crippen LogP contribution >= 0.6 is 0 Å². The lowest BCUT2D eigenvalue weighted by atomic mass is 10.2. The van der Waals surface area contributed by atoms with E-state index in [2.05, 4.69) is 15.3 Å². The molecule has 1 heterocycles. The summed E-state index contributed by atoms with van der Waals surface area (Å²) in [6, 6.07) is 12.7. The molecular weight excluding hydrogens is 359 g/mol. The molecule has 1 N–H and O–H groups in total. The van der Waals surface area contributed by atoms with E-state index in [4.69, 9.17) is 4.74 Å². The number of nitrogens with zero attached hydrogens (tertiary/aromatic N) is 2. The fourth-order valence-corrected chi connectivity index (χ4v) is 2.56. The average Bonchev–Trinajstić information content (AvgIpc) is 3.48. The van der Waals surface area contributed by atoms with Crippen LogP contribution < -0.4 is 10.1 Å². The zero-order valence-electron chi connectivity index (χ0n) is 14.0. The second-order valence-corrected chi connectivity index (χ2v) is 6.26. The number of nitrogens with one attached hydrogen (secondary N) is 1. The Labute approximate surface area is 152 Å². The zero-order valence-corrected chi connectivity index (χ0v) is 14.0. The van der Waals surface area contributed by atoms with E-state index in [1.807, 2.05) is 0 Å². The van der Waals surface area contributed by atoms with Gasteiger partial charge in [0.1, 0.15) is 5.75 Å². The molecule has 1 aliphatic carbocycles. The van der Waals surface area contributed by atoms with Crippen molar-refractivity contribution in [1.29, 1.82) is 0 Å². The molecule has 8 heteroatoms. The lowest BCUT2D eigenvalue weighted by molar-refractivity contribution is -0.144. The van der Waals surface area contributed by atoms with Gasteiger partial charge in [-0.2, -0.15) is 18.2 Å². The minimum atomic E-state index is -4.68. The van der Waals surface area contributed by atoms with Gasteiger partial charge in [-0.05, 0) is 49.2 Å². The quantitative estimate of drug-likeness (QED) is 0.714. The molecule has 2 aromatic carbocycles. The molecule has 1 aliphatic rings. The SMILES string of the molecule is O=C(Nc1ccc(Oc2nc(C(F)(F)F)nc3ccccc23)cc1)C1CC1. The molecule has 1 amide bonds. The number of fused-ring (bicyclic) bond motifs is 1. The molecular formula is C19H14F3N3O2. The summed E-state index contributed by atoms with van der Waals surface area (Å²) in [5.74, 6) is -1.09. The van der Waals surface area contributed by atoms with Gasteiger partial charge in [-0.15, -0.1) is 0 Å². The molecule has 1 aromatic heterocycles. The maximum Gasteiger partial charge on any atom is 0.451 e. The van der Waals surface area contributed by atoms with E-state index in [0.29, 0.717) is 16.8 Å². The third-order valence-electron chi connectivity index (χ3n) is 4.11. The molecule has 1 saturated carbocycles. The number of hydrogen-bond donors (Lipinski definition) is 1. The lowest BCUT2D eigenvalue weighted by Crippen LogP contribution is -2.13. The minimum absolute atomic E-state index is 0.0275. The van der Waals surface area contributed by atoms with Crippen LogP contribution in [0.4, 0.5) is 18.9 Å². The average molecular weight is 373 g/mol. The fraction of sp³-hybridized carbons (Fsp3) is 0.211. The van der Waals surface area contributed by atoms with Crippen LogP contribution in [0.15, 0.2) is 48.5 Å². The number of carbonyl (C=O) groups is 1. The Balaban J connectivity index is 1.61. The summed E-state index contributed by atoms with van der Waals surface area (Å²) in [7, 11) is 0. The molecule has 1 fully saturated rings. The normalized spacial score (nSPS) is 14.2. The van der Waals surface area contributed by atoms with Crippen molar-refractivity contribution in [2.24, 2.45) is 5.92 Å². The molecule has 0 unspecified atom stereocenters. The summed E-state index contributed by atoms with van der Waals surface area (Å²) in [5.41, 5.74) is 0.742. The molecule has 0 radical (unpaired) electrons. The molecule has 0 saturated heterocycles. The number of alkyl halides is 3. The predicted octanol–water partition coefficient (Wildman–Crippen LogP) is 4.79. The topological polar surface area (TPSA) is 64.1 Å². The van der Waals surface area contributed by atoms with Crippen molar-refractivity contribution in [2.75, 3.05) is 5.32 Å². The van der Waals surface area contributed by atoms with E-state index in [1.54, 1.807) is 42.5 Å². The van der Waals surface area contributed by atoms with Crippen molar-refractivity contribution < 1.29 is 22.7 Å². The number of anilines is 1. The second kappa shape index (κ2) is 6.53. The summed E-state index contributed by atoms with van der Waals surface area (Å²) in [4.78, 5) is 18.9. The number of aromatic nitrogens is 2. The van der Waals surface area contributed by atoms with Gasteiger partial charge in [0.25, 0.3) is 0 Å². The van der Waals surface area contributed by atoms with Gasteiger partial charge in [-0.25, -0.2) is 4.98 Å². The number of hydrogen-bond acceptors (Lipinski definition) is 4. The number of rotatable bonds is 4. The number of halogens is 3. The monoisotopic (exact) mass is 373 g/mol. The number of ether oxygens (including phenoxy) is 1. The molecule has 0 bridgehead atoms. The predicted molar refractivity (Wildman–Crippen MR) is 92.4 cm³/mol. The first kappa shape index (κ1) is 17.3. The summed E-state index contributed by atoms with van der Waals surface area (Å²) < 4.78 is 44.8. The first-order chi connectivity index (χ1) is 12.9. The van der Waals surface area contributed by atoms with Gasteiger partial charge >= 0.3 is 6.18 Å². The third kappa shape index (κ3) is 3.84. The van der Waals surface area contributed by atoms with Crippen LogP contribution in [-0.4, -0.2) is 15.9 Å². The fourth-order valence-electron chi connectivity index (χ4n) is 2.56. The number of para-hydroxylation sites is 1. The lowest BCUT2D eigenvalue weighted by Gasteiger charge is -2.12. The van der Waals surface area contributed by atoms with E-state index >= 15 is 0 Å². The van der Waals surface area contributed by atoms with Crippen molar-refractivity contribution in [3.63, 3.8) is 0 Å². The van der Waals surface area contributed by atoms with Crippen LogP contribution in [0.25, 0.3) is 10.9 Å². The highest BCUT2D eigenvalue weighted by Gasteiger charge is 2.36. The molecule has 5 nitrogen and oxygen atoms in total. The first-order valence-electron chi connectivity index (χ1n) is 8.33. The van der Waals surface area contributed by atoms with Crippen molar-refractivity contribution in [3.8, 4) is 11.6 Å². The van der Waals surface area contributed by atoms with Crippen LogP contribution in [0.5, 0.6) is 11.6 Å². The van der Waals surface area contributed by atoms with Crippen molar-refractivity contribution in [3.05, 3.63) is 54.4 Å². The van der Waals surface area contributed by atoms with E-state index in [-0.39, 0.29) is 23.2 Å². The van der Waals surface area contributed by atoms with Crippen molar-refractivity contribution in [2.45, 2.75) is 19.0 Å². The molecule has 0 spiro atoms. The minimum Gasteiger partial charge on any atom is -0.438 e. The van der Waals surface area contributed by atoms with E-state index < -0.39 is 12.0 Å². The Morgan fingerprint density at radius 3 is 2.41 bits per heavy atom. The van der Waals surface area contributed by atoms with Gasteiger partial charge in [0.2, 0.25) is 17.6 Å². The largest absolute Gasteiger partial charge is 0.451 e. The van der Waals surface area contributed by atoms with Crippen LogP contribution in [-0.2, 0) is 11.0 Å². The second-order valence-electron chi connectivity index (χ2n) is 6.26. The highest BCUT2D eigenvalue weighted by molar-refractivity contribution is 5.94.